The van der Waals surface area contributed by atoms with Crippen molar-refractivity contribution < 1.29 is 9.59 Å². The molecular formula is C15H23N3O2. The Labute approximate surface area is 120 Å². The third kappa shape index (κ3) is 6.89. The van der Waals surface area contributed by atoms with Gasteiger partial charge < -0.3 is 16.0 Å². The van der Waals surface area contributed by atoms with E-state index >= 15 is 0 Å². The molecule has 5 nitrogen and oxygen atoms in total. The molecular weight excluding hydrogens is 254 g/mol. The number of unbranched alkanes of at least 4 members (excludes halogenated alkanes) is 2. The zero-order chi connectivity index (χ0) is 14.8. The van der Waals surface area contributed by atoms with E-state index in [0.717, 1.165) is 18.7 Å². The van der Waals surface area contributed by atoms with Gasteiger partial charge in [-0.1, -0.05) is 19.8 Å². The minimum absolute atomic E-state index is 0.0613. The maximum absolute atomic E-state index is 11.7. The topological polar surface area (TPSA) is 70.2 Å². The van der Waals surface area contributed by atoms with Gasteiger partial charge >= 0.3 is 0 Å². The van der Waals surface area contributed by atoms with Crippen molar-refractivity contribution in [3.63, 3.8) is 0 Å². The first kappa shape index (κ1) is 16.2. The molecule has 20 heavy (non-hydrogen) atoms. The van der Waals surface area contributed by atoms with Gasteiger partial charge in [-0.3, -0.25) is 9.59 Å². The van der Waals surface area contributed by atoms with Gasteiger partial charge in [0.25, 0.3) is 0 Å². The molecule has 110 valence electrons. The molecule has 0 aliphatic rings. The van der Waals surface area contributed by atoms with Crippen LogP contribution in [0.5, 0.6) is 0 Å². The molecule has 2 amide bonds. The van der Waals surface area contributed by atoms with Crippen molar-refractivity contribution in [2.45, 2.75) is 33.1 Å². The summed E-state index contributed by atoms with van der Waals surface area (Å²) in [7, 11) is 0. The van der Waals surface area contributed by atoms with Crippen molar-refractivity contribution in [2.75, 3.05) is 23.7 Å². The van der Waals surface area contributed by atoms with Crippen LogP contribution < -0.4 is 16.0 Å². The van der Waals surface area contributed by atoms with Crippen LogP contribution in [0.3, 0.4) is 0 Å². The van der Waals surface area contributed by atoms with Gasteiger partial charge in [0.2, 0.25) is 11.8 Å². The largest absolute Gasteiger partial charge is 0.326 e. The normalized spacial score (nSPS) is 10.1. The summed E-state index contributed by atoms with van der Waals surface area (Å²) in [5.74, 6) is -0.174. The lowest BCUT2D eigenvalue weighted by atomic mass is 10.2. The molecule has 0 saturated carbocycles. The molecule has 3 N–H and O–H groups in total. The van der Waals surface area contributed by atoms with Crippen LogP contribution in [0.25, 0.3) is 0 Å². The monoisotopic (exact) mass is 277 g/mol. The number of anilines is 2. The molecule has 1 rings (SSSR count). The zero-order valence-corrected chi connectivity index (χ0v) is 12.2. The molecule has 0 heterocycles. The summed E-state index contributed by atoms with van der Waals surface area (Å²) in [6.07, 6.45) is 3.45. The molecule has 0 bridgehead atoms. The summed E-state index contributed by atoms with van der Waals surface area (Å²) in [5, 5.41) is 8.58. The van der Waals surface area contributed by atoms with Gasteiger partial charge in [0.05, 0.1) is 6.54 Å². The molecule has 1 aromatic carbocycles. The summed E-state index contributed by atoms with van der Waals surface area (Å²) in [4.78, 5) is 22.5. The van der Waals surface area contributed by atoms with E-state index in [1.807, 2.05) is 0 Å². The summed E-state index contributed by atoms with van der Waals surface area (Å²) >= 11 is 0. The first-order valence-corrected chi connectivity index (χ1v) is 7.00. The Bertz CT molecular complexity index is 429. The average Bonchev–Trinajstić information content (AvgIpc) is 2.40. The maximum Gasteiger partial charge on any atom is 0.238 e. The third-order valence-corrected chi connectivity index (χ3v) is 2.73. The smallest absolute Gasteiger partial charge is 0.238 e. The van der Waals surface area contributed by atoms with E-state index in [0.29, 0.717) is 12.2 Å². The van der Waals surface area contributed by atoms with Crippen LogP contribution in [-0.2, 0) is 9.59 Å². The number of nitrogens with one attached hydrogen (secondary N) is 3. The Hall–Kier alpha value is -1.88. The fourth-order valence-electron chi connectivity index (χ4n) is 1.75. The van der Waals surface area contributed by atoms with Gasteiger partial charge in [-0.15, -0.1) is 0 Å². The number of amides is 2. The van der Waals surface area contributed by atoms with Crippen LogP contribution in [0.2, 0.25) is 0 Å². The van der Waals surface area contributed by atoms with E-state index in [4.69, 9.17) is 0 Å². The Kier molecular flexibility index (Phi) is 7.35. The number of rotatable bonds is 8. The highest BCUT2D eigenvalue weighted by molar-refractivity contribution is 5.93. The standard InChI is InChI=1S/C15H23N3O2/c1-3-4-5-10-16-11-15(20)18-14-8-6-13(7-9-14)17-12(2)19/h6-9,16H,3-5,10-11H2,1-2H3,(H,17,19)(H,18,20). The summed E-state index contributed by atoms with van der Waals surface area (Å²) in [5.41, 5.74) is 1.44. The Morgan fingerprint density at radius 2 is 1.60 bits per heavy atom. The second-order valence-corrected chi connectivity index (χ2v) is 4.69. The first-order valence-electron chi connectivity index (χ1n) is 7.00. The molecule has 0 aliphatic heterocycles. The fraction of sp³-hybridized carbons (Fsp3) is 0.467. The molecule has 0 radical (unpaired) electrons. The Balaban J connectivity index is 2.29. The van der Waals surface area contributed by atoms with Crippen molar-refractivity contribution >= 4 is 23.2 Å². The highest BCUT2D eigenvalue weighted by Gasteiger charge is 2.02. The predicted octanol–water partition coefficient (Wildman–Crippen LogP) is 2.36. The summed E-state index contributed by atoms with van der Waals surface area (Å²) in [6, 6.07) is 7.04. The number of benzene rings is 1. The van der Waals surface area contributed by atoms with Crippen molar-refractivity contribution in [1.82, 2.24) is 5.32 Å². The van der Waals surface area contributed by atoms with Gasteiger partial charge in [-0.2, -0.15) is 0 Å². The number of carbonyl (C=O) groups is 2. The quantitative estimate of drug-likeness (QED) is 0.639. The Morgan fingerprint density at radius 1 is 1.00 bits per heavy atom. The molecule has 0 spiro atoms. The Morgan fingerprint density at radius 3 is 2.15 bits per heavy atom. The lowest BCUT2D eigenvalue weighted by molar-refractivity contribution is -0.115. The van der Waals surface area contributed by atoms with E-state index in [1.54, 1.807) is 24.3 Å². The predicted molar refractivity (Wildman–Crippen MR) is 81.8 cm³/mol. The summed E-state index contributed by atoms with van der Waals surface area (Å²) < 4.78 is 0. The molecule has 0 saturated heterocycles. The number of carbonyl (C=O) groups excluding carboxylic acids is 2. The van der Waals surface area contributed by atoms with Gasteiger partial charge in [0.1, 0.15) is 0 Å². The van der Waals surface area contributed by atoms with E-state index in [9.17, 15) is 9.59 Å². The molecule has 0 aromatic heterocycles. The van der Waals surface area contributed by atoms with Gasteiger partial charge in [-0.25, -0.2) is 0 Å². The molecule has 0 fully saturated rings. The van der Waals surface area contributed by atoms with E-state index in [2.05, 4.69) is 22.9 Å². The first-order chi connectivity index (χ1) is 9.61. The number of hydrogen-bond donors (Lipinski definition) is 3. The zero-order valence-electron chi connectivity index (χ0n) is 12.2. The molecule has 0 aliphatic carbocycles. The molecule has 5 heteroatoms. The second kappa shape index (κ2) is 9.09. The maximum atomic E-state index is 11.7. The van der Waals surface area contributed by atoms with Gasteiger partial charge in [-0.05, 0) is 37.2 Å². The molecule has 0 unspecified atom stereocenters. The van der Waals surface area contributed by atoms with Crippen LogP contribution in [0.4, 0.5) is 11.4 Å². The van der Waals surface area contributed by atoms with Gasteiger partial charge in [0, 0.05) is 18.3 Å². The SMILES string of the molecule is CCCCCNCC(=O)Nc1ccc(NC(C)=O)cc1. The second-order valence-electron chi connectivity index (χ2n) is 4.69. The van der Waals surface area contributed by atoms with Crippen molar-refractivity contribution in [3.05, 3.63) is 24.3 Å². The number of hydrogen-bond acceptors (Lipinski definition) is 3. The van der Waals surface area contributed by atoms with Crippen molar-refractivity contribution in [3.8, 4) is 0 Å². The lowest BCUT2D eigenvalue weighted by Gasteiger charge is -2.08. The highest BCUT2D eigenvalue weighted by Crippen LogP contribution is 2.13. The fourth-order valence-corrected chi connectivity index (χ4v) is 1.75. The molecule has 0 atom stereocenters. The van der Waals surface area contributed by atoms with Crippen LogP contribution in [-0.4, -0.2) is 24.9 Å². The van der Waals surface area contributed by atoms with Crippen molar-refractivity contribution in [1.29, 1.82) is 0 Å². The van der Waals surface area contributed by atoms with Crippen LogP contribution >= 0.6 is 0 Å². The van der Waals surface area contributed by atoms with Gasteiger partial charge in [0.15, 0.2) is 0 Å². The molecule has 1 aromatic rings. The van der Waals surface area contributed by atoms with E-state index in [-0.39, 0.29) is 11.8 Å². The minimum Gasteiger partial charge on any atom is -0.326 e. The van der Waals surface area contributed by atoms with Crippen LogP contribution in [0.15, 0.2) is 24.3 Å². The van der Waals surface area contributed by atoms with Crippen molar-refractivity contribution in [2.24, 2.45) is 0 Å². The van der Waals surface area contributed by atoms with E-state index in [1.165, 1.54) is 19.8 Å². The average molecular weight is 277 g/mol. The highest BCUT2D eigenvalue weighted by atomic mass is 16.2. The summed E-state index contributed by atoms with van der Waals surface area (Å²) in [6.45, 7) is 4.79. The van der Waals surface area contributed by atoms with E-state index < -0.39 is 0 Å². The van der Waals surface area contributed by atoms with Crippen LogP contribution in [0, 0.1) is 0 Å². The van der Waals surface area contributed by atoms with Crippen LogP contribution in [0.1, 0.15) is 33.1 Å². The lowest BCUT2D eigenvalue weighted by Crippen LogP contribution is -2.28. The minimum atomic E-state index is -0.113. The third-order valence-electron chi connectivity index (χ3n) is 2.73.